The van der Waals surface area contributed by atoms with Gasteiger partial charge in [-0.15, -0.1) is 0 Å². The van der Waals surface area contributed by atoms with Crippen molar-refractivity contribution < 1.29 is 47.7 Å². The normalized spacial score (nSPS) is 11.4. The number of carbonyl (C=O) groups excluding carboxylic acids is 5. The van der Waals surface area contributed by atoms with E-state index >= 15 is 0 Å². The van der Waals surface area contributed by atoms with Gasteiger partial charge in [-0.25, -0.2) is 24.0 Å². The molecular weight excluding hydrogens is 765 g/mol. The Balaban J connectivity index is 1.59. The summed E-state index contributed by atoms with van der Waals surface area (Å²) in [5.74, 6) is -4.01. The van der Waals surface area contributed by atoms with Gasteiger partial charge < -0.3 is 35.2 Å². The van der Waals surface area contributed by atoms with Gasteiger partial charge in [0, 0.05) is 23.9 Å². The van der Waals surface area contributed by atoms with E-state index in [1.807, 2.05) is 12.1 Å². The van der Waals surface area contributed by atoms with E-state index < -0.39 is 36.1 Å². The second kappa shape index (κ2) is 24.5. The van der Waals surface area contributed by atoms with Crippen molar-refractivity contribution in [2.45, 2.75) is 104 Å². The van der Waals surface area contributed by atoms with Crippen molar-refractivity contribution in [2.75, 3.05) is 18.6 Å². The number of ether oxygens (including phenoxy) is 5. The molecule has 0 bridgehead atoms. The molecule has 0 heterocycles. The minimum absolute atomic E-state index is 0.0512. The third kappa shape index (κ3) is 15.4. The zero-order valence-electron chi connectivity index (χ0n) is 34.7. The number of benzene rings is 4. The van der Waals surface area contributed by atoms with E-state index in [2.05, 4.69) is 18.6 Å². The SMILES string of the molecule is CCCCCCCCCCC(OC(=O)c1cc(N)cc(N)c1)OC(=O)c1cc(OC(=O)c2ccc(C=CC(=O)OC)cc2)ccc1OC(=O)c1ccc(CCCCC)cc1. The van der Waals surface area contributed by atoms with Crippen molar-refractivity contribution in [2.24, 2.45) is 0 Å². The first-order valence-electron chi connectivity index (χ1n) is 20.6. The molecule has 1 atom stereocenters. The van der Waals surface area contributed by atoms with Crippen molar-refractivity contribution in [3.63, 3.8) is 0 Å². The standard InChI is InChI=1S/C48H56N2O10/c1-4-6-8-9-10-11-12-14-16-44(59-47(54)37-29-38(49)31-39(50)30-37)60-48(55)41-32-40(57-45(52)35-24-19-34(20-25-35)21-28-43(51)56-3)26-27-42(41)58-46(53)36-22-17-33(18-23-36)15-13-7-5-2/h17-32,44H,4-16,49-50H2,1-3H3. The van der Waals surface area contributed by atoms with Gasteiger partial charge in [0.25, 0.3) is 0 Å². The lowest BCUT2D eigenvalue weighted by molar-refractivity contribution is -0.134. The zero-order chi connectivity index (χ0) is 43.3. The van der Waals surface area contributed by atoms with Crippen LogP contribution in [0.1, 0.15) is 143 Å². The van der Waals surface area contributed by atoms with Gasteiger partial charge in [0.15, 0.2) is 0 Å². The highest BCUT2D eigenvalue weighted by molar-refractivity contribution is 5.98. The van der Waals surface area contributed by atoms with Gasteiger partial charge in [0.2, 0.25) is 6.29 Å². The van der Waals surface area contributed by atoms with Gasteiger partial charge in [-0.3, -0.25) is 0 Å². The van der Waals surface area contributed by atoms with Gasteiger partial charge in [-0.1, -0.05) is 95.9 Å². The molecular formula is C48H56N2O10. The van der Waals surface area contributed by atoms with Gasteiger partial charge in [0.05, 0.1) is 23.8 Å². The molecule has 0 aliphatic carbocycles. The molecule has 0 aliphatic heterocycles. The number of aryl methyl sites for hydroxylation is 1. The maximum Gasteiger partial charge on any atom is 0.345 e. The summed E-state index contributed by atoms with van der Waals surface area (Å²) >= 11 is 0. The second-order valence-corrected chi connectivity index (χ2v) is 14.5. The fourth-order valence-corrected chi connectivity index (χ4v) is 6.25. The predicted molar refractivity (Wildman–Crippen MR) is 231 cm³/mol. The summed E-state index contributed by atoms with van der Waals surface area (Å²) in [6.07, 6.45) is 13.8. The van der Waals surface area contributed by atoms with E-state index in [0.717, 1.165) is 63.4 Å². The summed E-state index contributed by atoms with van der Waals surface area (Å²) in [5, 5.41) is 0. The molecule has 0 saturated carbocycles. The lowest BCUT2D eigenvalue weighted by Gasteiger charge is -2.20. The van der Waals surface area contributed by atoms with Gasteiger partial charge in [-0.2, -0.15) is 0 Å². The van der Waals surface area contributed by atoms with Crippen LogP contribution in [0.5, 0.6) is 11.5 Å². The quantitative estimate of drug-likeness (QED) is 0.0181. The molecule has 1 unspecified atom stereocenters. The van der Waals surface area contributed by atoms with Gasteiger partial charge >= 0.3 is 29.8 Å². The van der Waals surface area contributed by atoms with Gasteiger partial charge in [0.1, 0.15) is 17.1 Å². The average Bonchev–Trinajstić information content (AvgIpc) is 3.24. The summed E-state index contributed by atoms with van der Waals surface area (Å²) in [6.45, 7) is 4.30. The lowest BCUT2D eigenvalue weighted by Crippen LogP contribution is -2.25. The molecule has 0 saturated heterocycles. The molecule has 0 aromatic heterocycles. The monoisotopic (exact) mass is 820 g/mol. The fraction of sp³-hybridized carbons (Fsp3) is 0.354. The number of esters is 5. The van der Waals surface area contributed by atoms with Crippen molar-refractivity contribution in [3.8, 4) is 11.5 Å². The van der Waals surface area contributed by atoms with Gasteiger partial charge in [-0.05, 0) is 97.1 Å². The highest BCUT2D eigenvalue weighted by Gasteiger charge is 2.26. The van der Waals surface area contributed by atoms with Crippen LogP contribution in [0.15, 0.2) is 91.0 Å². The van der Waals surface area contributed by atoms with E-state index in [4.69, 9.17) is 30.4 Å². The Morgan fingerprint density at radius 3 is 1.78 bits per heavy atom. The molecule has 60 heavy (non-hydrogen) atoms. The van der Waals surface area contributed by atoms with Crippen LogP contribution in [0.25, 0.3) is 6.08 Å². The molecule has 12 nitrogen and oxygen atoms in total. The first-order chi connectivity index (χ1) is 29.0. The fourth-order valence-electron chi connectivity index (χ4n) is 6.25. The molecule has 0 aliphatic rings. The van der Waals surface area contributed by atoms with Crippen LogP contribution in [0.3, 0.4) is 0 Å². The minimum atomic E-state index is -1.34. The summed E-state index contributed by atoms with van der Waals surface area (Å²) in [4.78, 5) is 65.5. The lowest BCUT2D eigenvalue weighted by atomic mass is 10.1. The van der Waals surface area contributed by atoms with Crippen LogP contribution in [0.2, 0.25) is 0 Å². The Hall–Kier alpha value is -6.43. The third-order valence-corrected chi connectivity index (χ3v) is 9.59. The first-order valence-corrected chi connectivity index (χ1v) is 20.6. The number of unbranched alkanes of at least 4 members (excludes halogenated alkanes) is 9. The predicted octanol–water partition coefficient (Wildman–Crippen LogP) is 10.1. The maximum absolute atomic E-state index is 14.1. The van der Waals surface area contributed by atoms with Crippen LogP contribution in [0, 0.1) is 0 Å². The highest BCUT2D eigenvalue weighted by Crippen LogP contribution is 2.29. The van der Waals surface area contributed by atoms with Crippen LogP contribution in [0.4, 0.5) is 11.4 Å². The van der Waals surface area contributed by atoms with E-state index in [9.17, 15) is 24.0 Å². The molecule has 4 N–H and O–H groups in total. The van der Waals surface area contributed by atoms with Crippen LogP contribution in [-0.2, 0) is 25.4 Å². The number of hydrogen-bond donors (Lipinski definition) is 2. The number of nitrogen functional groups attached to an aromatic ring is 2. The minimum Gasteiger partial charge on any atom is -0.466 e. The first kappa shape index (κ1) is 46.3. The average molecular weight is 821 g/mol. The van der Waals surface area contributed by atoms with Crippen LogP contribution in [-0.4, -0.2) is 43.2 Å². The Kier molecular flexibility index (Phi) is 18.9. The Bertz CT molecular complexity index is 2060. The summed E-state index contributed by atoms with van der Waals surface area (Å²) in [5.41, 5.74) is 14.4. The van der Waals surface area contributed by atoms with Crippen molar-refractivity contribution >= 4 is 47.3 Å². The second-order valence-electron chi connectivity index (χ2n) is 14.5. The maximum atomic E-state index is 14.1. The molecule has 0 fully saturated rings. The molecule has 0 spiro atoms. The summed E-state index contributed by atoms with van der Waals surface area (Å²) in [7, 11) is 1.27. The van der Waals surface area contributed by atoms with E-state index in [0.29, 0.717) is 12.0 Å². The molecule has 4 rings (SSSR count). The molecule has 4 aromatic carbocycles. The van der Waals surface area contributed by atoms with E-state index in [1.54, 1.807) is 24.3 Å². The molecule has 0 radical (unpaired) electrons. The van der Waals surface area contributed by atoms with E-state index in [1.165, 1.54) is 80.6 Å². The van der Waals surface area contributed by atoms with E-state index in [-0.39, 0.29) is 51.5 Å². The number of methoxy groups -OCH3 is 1. The summed E-state index contributed by atoms with van der Waals surface area (Å²) < 4.78 is 27.5. The zero-order valence-corrected chi connectivity index (χ0v) is 34.7. The largest absolute Gasteiger partial charge is 0.466 e. The van der Waals surface area contributed by atoms with Crippen molar-refractivity contribution in [1.29, 1.82) is 0 Å². The van der Waals surface area contributed by atoms with Crippen molar-refractivity contribution in [1.82, 2.24) is 0 Å². The molecule has 12 heteroatoms. The third-order valence-electron chi connectivity index (χ3n) is 9.59. The number of hydrogen-bond acceptors (Lipinski definition) is 12. The number of anilines is 2. The molecule has 0 amide bonds. The number of rotatable bonds is 23. The number of nitrogens with two attached hydrogens (primary N) is 2. The highest BCUT2D eigenvalue weighted by atomic mass is 16.7. The Morgan fingerprint density at radius 1 is 0.583 bits per heavy atom. The molecule has 4 aromatic rings. The topological polar surface area (TPSA) is 184 Å². The van der Waals surface area contributed by atoms with Crippen molar-refractivity contribution in [3.05, 3.63) is 124 Å². The Labute approximate surface area is 352 Å². The smallest absolute Gasteiger partial charge is 0.345 e. The van der Waals surface area contributed by atoms with Crippen LogP contribution < -0.4 is 20.9 Å². The summed E-state index contributed by atoms with van der Waals surface area (Å²) in [6, 6.07) is 21.6. The number of carbonyl (C=O) groups is 5. The van der Waals surface area contributed by atoms with Crippen LogP contribution >= 0.6 is 0 Å². The molecule has 318 valence electrons. The Morgan fingerprint density at radius 2 is 1.15 bits per heavy atom.